The first-order valence-corrected chi connectivity index (χ1v) is 9.02. The fourth-order valence-corrected chi connectivity index (χ4v) is 2.78. The highest BCUT2D eigenvalue weighted by Crippen LogP contribution is 2.22. The van der Waals surface area contributed by atoms with E-state index in [0.717, 1.165) is 6.20 Å². The fraction of sp³-hybridized carbons (Fsp3) is 0.529. The lowest BCUT2D eigenvalue weighted by atomic mass is 10.2. The Morgan fingerprint density at radius 3 is 2.38 bits per heavy atom. The number of hydrogen-bond donors (Lipinski definition) is 1. The quantitative estimate of drug-likeness (QED) is 0.782. The van der Waals surface area contributed by atoms with Crippen LogP contribution in [0.1, 0.15) is 31.4 Å². The SMILES string of the molecule is Cn1nc(C(N)=O)nc1-c1nc(N2CCN(C(=O)OC(C)(C)C)CC2)ncc1F. The standard InChI is InChI=1S/C17H23FN8O3/c1-17(2,3)29-16(28)26-7-5-25(6-8-26)15-20-9-10(18)11(21-15)14-22-13(12(19)27)23-24(14)4/h9H,5-8H2,1-4H3,(H2,19,27). The monoisotopic (exact) mass is 406 g/mol. The molecule has 1 fully saturated rings. The summed E-state index contributed by atoms with van der Waals surface area (Å²) in [7, 11) is 1.51. The second-order valence-electron chi connectivity index (χ2n) is 7.57. The van der Waals surface area contributed by atoms with Crippen molar-refractivity contribution in [1.82, 2.24) is 29.6 Å². The highest BCUT2D eigenvalue weighted by molar-refractivity contribution is 5.89. The number of hydrogen-bond acceptors (Lipinski definition) is 8. The lowest BCUT2D eigenvalue weighted by molar-refractivity contribution is 0.0240. The molecular formula is C17H23FN8O3. The van der Waals surface area contributed by atoms with E-state index in [2.05, 4.69) is 20.1 Å². The van der Waals surface area contributed by atoms with Crippen molar-refractivity contribution in [3.8, 4) is 11.5 Å². The van der Waals surface area contributed by atoms with Crippen LogP contribution in [0.25, 0.3) is 11.5 Å². The molecule has 3 heterocycles. The van der Waals surface area contributed by atoms with Crippen LogP contribution in [0.4, 0.5) is 15.1 Å². The first-order chi connectivity index (χ1) is 13.5. The molecule has 29 heavy (non-hydrogen) atoms. The van der Waals surface area contributed by atoms with Gasteiger partial charge >= 0.3 is 6.09 Å². The van der Waals surface area contributed by atoms with Crippen molar-refractivity contribution in [2.24, 2.45) is 12.8 Å². The summed E-state index contributed by atoms with van der Waals surface area (Å²) in [5.41, 5.74) is 4.52. The van der Waals surface area contributed by atoms with E-state index in [1.807, 2.05) is 25.7 Å². The van der Waals surface area contributed by atoms with Crippen LogP contribution in [0.15, 0.2) is 6.20 Å². The maximum absolute atomic E-state index is 14.3. The Hall–Kier alpha value is -3.31. The van der Waals surface area contributed by atoms with Crippen LogP contribution in [0.3, 0.4) is 0 Å². The smallest absolute Gasteiger partial charge is 0.410 e. The summed E-state index contributed by atoms with van der Waals surface area (Å²) in [6.07, 6.45) is 0.659. The van der Waals surface area contributed by atoms with Crippen molar-refractivity contribution in [3.05, 3.63) is 17.8 Å². The average molecular weight is 406 g/mol. The van der Waals surface area contributed by atoms with Gasteiger partial charge in [0.2, 0.25) is 11.8 Å². The lowest BCUT2D eigenvalue weighted by Crippen LogP contribution is -2.50. The molecule has 2 aromatic heterocycles. The molecule has 3 rings (SSSR count). The van der Waals surface area contributed by atoms with Crippen molar-refractivity contribution in [2.45, 2.75) is 26.4 Å². The number of aromatic nitrogens is 5. The molecule has 2 N–H and O–H groups in total. The molecule has 0 aromatic carbocycles. The van der Waals surface area contributed by atoms with Gasteiger partial charge in [-0.3, -0.25) is 4.79 Å². The van der Waals surface area contributed by atoms with Gasteiger partial charge in [0.15, 0.2) is 11.6 Å². The molecule has 0 saturated carbocycles. The van der Waals surface area contributed by atoms with E-state index < -0.39 is 17.3 Å². The van der Waals surface area contributed by atoms with Gasteiger partial charge in [-0.1, -0.05) is 0 Å². The van der Waals surface area contributed by atoms with Crippen molar-refractivity contribution < 1.29 is 18.7 Å². The van der Waals surface area contributed by atoms with Gasteiger partial charge in [0.05, 0.1) is 6.20 Å². The normalized spacial score (nSPS) is 14.8. The Balaban J connectivity index is 1.76. The largest absolute Gasteiger partial charge is 0.444 e. The zero-order valence-corrected chi connectivity index (χ0v) is 16.7. The Morgan fingerprint density at radius 1 is 1.17 bits per heavy atom. The third-order valence-electron chi connectivity index (χ3n) is 4.14. The highest BCUT2D eigenvalue weighted by Gasteiger charge is 2.27. The van der Waals surface area contributed by atoms with E-state index in [1.165, 1.54) is 11.7 Å². The fourth-order valence-electron chi connectivity index (χ4n) is 2.78. The molecule has 156 valence electrons. The first-order valence-electron chi connectivity index (χ1n) is 9.02. The molecule has 2 aromatic rings. The van der Waals surface area contributed by atoms with Gasteiger partial charge < -0.3 is 20.3 Å². The molecule has 2 amide bonds. The number of halogens is 1. The lowest BCUT2D eigenvalue weighted by Gasteiger charge is -2.35. The van der Waals surface area contributed by atoms with E-state index in [4.69, 9.17) is 10.5 Å². The maximum Gasteiger partial charge on any atom is 0.410 e. The Bertz CT molecular complexity index is 931. The molecule has 1 saturated heterocycles. The summed E-state index contributed by atoms with van der Waals surface area (Å²) in [6.45, 7) is 7.17. The molecule has 0 aliphatic carbocycles. The van der Waals surface area contributed by atoms with Gasteiger partial charge in [-0.05, 0) is 20.8 Å². The maximum atomic E-state index is 14.3. The number of nitrogens with two attached hydrogens (primary N) is 1. The van der Waals surface area contributed by atoms with Crippen molar-refractivity contribution in [2.75, 3.05) is 31.1 Å². The van der Waals surface area contributed by atoms with Crippen molar-refractivity contribution in [1.29, 1.82) is 0 Å². The van der Waals surface area contributed by atoms with Crippen molar-refractivity contribution in [3.63, 3.8) is 0 Å². The van der Waals surface area contributed by atoms with Gasteiger partial charge in [-0.2, -0.15) is 0 Å². The Morgan fingerprint density at radius 2 is 1.83 bits per heavy atom. The predicted octanol–water partition coefficient (Wildman–Crippen LogP) is 0.567. The summed E-state index contributed by atoms with van der Waals surface area (Å²) in [6, 6.07) is 0. The molecular weight excluding hydrogens is 383 g/mol. The van der Waals surface area contributed by atoms with Gasteiger partial charge in [0.1, 0.15) is 11.3 Å². The van der Waals surface area contributed by atoms with E-state index in [-0.39, 0.29) is 29.4 Å². The zero-order chi connectivity index (χ0) is 21.3. The number of nitrogens with zero attached hydrogens (tertiary/aromatic N) is 7. The van der Waals surface area contributed by atoms with Crippen LogP contribution in [0, 0.1) is 5.82 Å². The second-order valence-corrected chi connectivity index (χ2v) is 7.57. The molecule has 0 unspecified atom stereocenters. The number of carbonyl (C=O) groups excluding carboxylic acids is 2. The summed E-state index contributed by atoms with van der Waals surface area (Å²) < 4.78 is 20.9. The van der Waals surface area contributed by atoms with Crippen LogP contribution in [0.2, 0.25) is 0 Å². The van der Waals surface area contributed by atoms with Gasteiger partial charge in [0.25, 0.3) is 5.91 Å². The second kappa shape index (κ2) is 7.60. The minimum absolute atomic E-state index is 0.0624. The number of ether oxygens (including phenoxy) is 1. The van der Waals surface area contributed by atoms with Crippen LogP contribution in [-0.4, -0.2) is 73.4 Å². The topological polar surface area (TPSA) is 132 Å². The number of anilines is 1. The number of aryl methyl sites for hydroxylation is 1. The number of primary amides is 1. The van der Waals surface area contributed by atoms with Crippen molar-refractivity contribution >= 4 is 17.9 Å². The number of carbonyl (C=O) groups is 2. The highest BCUT2D eigenvalue weighted by atomic mass is 19.1. The van der Waals surface area contributed by atoms with Crippen LogP contribution in [-0.2, 0) is 11.8 Å². The molecule has 0 atom stereocenters. The Kier molecular flexibility index (Phi) is 5.36. The van der Waals surface area contributed by atoms with Gasteiger partial charge in [-0.25, -0.2) is 28.8 Å². The van der Waals surface area contributed by atoms with E-state index in [0.29, 0.717) is 26.2 Å². The predicted molar refractivity (Wildman–Crippen MR) is 101 cm³/mol. The molecule has 0 spiro atoms. The molecule has 1 aliphatic heterocycles. The Labute approximate surface area is 166 Å². The molecule has 12 heteroatoms. The van der Waals surface area contributed by atoms with Gasteiger partial charge in [-0.15, -0.1) is 5.10 Å². The van der Waals surface area contributed by atoms with E-state index >= 15 is 0 Å². The minimum atomic E-state index is -0.820. The first kappa shape index (κ1) is 20.4. The van der Waals surface area contributed by atoms with E-state index in [1.54, 1.807) is 4.90 Å². The van der Waals surface area contributed by atoms with Crippen LogP contribution < -0.4 is 10.6 Å². The third kappa shape index (κ3) is 4.58. The zero-order valence-electron chi connectivity index (χ0n) is 16.7. The molecule has 11 nitrogen and oxygen atoms in total. The van der Waals surface area contributed by atoms with Crippen LogP contribution in [0.5, 0.6) is 0 Å². The van der Waals surface area contributed by atoms with E-state index in [9.17, 15) is 14.0 Å². The minimum Gasteiger partial charge on any atom is -0.444 e. The van der Waals surface area contributed by atoms with Gasteiger partial charge in [0, 0.05) is 33.2 Å². The molecule has 0 radical (unpaired) electrons. The molecule has 0 bridgehead atoms. The summed E-state index contributed by atoms with van der Waals surface area (Å²) >= 11 is 0. The third-order valence-corrected chi connectivity index (χ3v) is 4.14. The van der Waals surface area contributed by atoms with Crippen LogP contribution >= 0.6 is 0 Å². The summed E-state index contributed by atoms with van der Waals surface area (Å²) in [5, 5.41) is 3.86. The summed E-state index contributed by atoms with van der Waals surface area (Å²) in [4.78, 5) is 39.2. The summed E-state index contributed by atoms with van der Waals surface area (Å²) in [5.74, 6) is -1.40. The number of rotatable bonds is 3. The number of amides is 2. The number of piperazine rings is 1. The molecule has 1 aliphatic rings. The average Bonchev–Trinajstić information content (AvgIpc) is 3.03.